The van der Waals surface area contributed by atoms with Crippen LogP contribution in [0.25, 0.3) is 0 Å². The number of aromatic nitrogens is 1. The van der Waals surface area contributed by atoms with E-state index >= 15 is 0 Å². The highest BCUT2D eigenvalue weighted by Gasteiger charge is 2.06. The standard InChI is InChI=1S/C19H25N3O/c1-3-4-5-10-21-18-11-17(13-20-14-18)19(23)22-12-16-8-6-15(2)7-9-16/h6-9,11,13-14,21H,3-5,10,12H2,1-2H3,(H,22,23). The van der Waals surface area contributed by atoms with Gasteiger partial charge in [0.05, 0.1) is 11.3 Å². The van der Waals surface area contributed by atoms with E-state index in [0.717, 1.165) is 24.2 Å². The fourth-order valence-electron chi connectivity index (χ4n) is 2.26. The lowest BCUT2D eigenvalue weighted by Gasteiger charge is -2.09. The van der Waals surface area contributed by atoms with Gasteiger partial charge in [0.25, 0.3) is 5.91 Å². The Morgan fingerprint density at radius 1 is 1.13 bits per heavy atom. The predicted octanol–water partition coefficient (Wildman–Crippen LogP) is 3.92. The van der Waals surface area contributed by atoms with E-state index in [-0.39, 0.29) is 5.91 Å². The molecule has 2 aromatic rings. The minimum absolute atomic E-state index is 0.102. The third-order valence-corrected chi connectivity index (χ3v) is 3.68. The van der Waals surface area contributed by atoms with Crippen LogP contribution in [0.5, 0.6) is 0 Å². The van der Waals surface area contributed by atoms with Gasteiger partial charge < -0.3 is 10.6 Å². The molecular formula is C19H25N3O. The van der Waals surface area contributed by atoms with Crippen molar-refractivity contribution in [1.82, 2.24) is 10.3 Å². The normalized spacial score (nSPS) is 10.3. The van der Waals surface area contributed by atoms with Crippen molar-refractivity contribution in [3.63, 3.8) is 0 Å². The lowest BCUT2D eigenvalue weighted by atomic mass is 10.1. The van der Waals surface area contributed by atoms with Crippen LogP contribution in [0.3, 0.4) is 0 Å². The second-order valence-electron chi connectivity index (χ2n) is 5.76. The molecule has 1 aromatic carbocycles. The van der Waals surface area contributed by atoms with Crippen molar-refractivity contribution in [1.29, 1.82) is 0 Å². The summed E-state index contributed by atoms with van der Waals surface area (Å²) >= 11 is 0. The van der Waals surface area contributed by atoms with Crippen molar-refractivity contribution in [2.75, 3.05) is 11.9 Å². The number of benzene rings is 1. The Labute approximate surface area is 138 Å². The van der Waals surface area contributed by atoms with Gasteiger partial charge in [0.1, 0.15) is 0 Å². The first-order valence-electron chi connectivity index (χ1n) is 8.21. The molecule has 4 nitrogen and oxygen atoms in total. The summed E-state index contributed by atoms with van der Waals surface area (Å²) in [4.78, 5) is 16.4. The summed E-state index contributed by atoms with van der Waals surface area (Å²) in [6, 6.07) is 10.00. The molecule has 0 aliphatic heterocycles. The maximum atomic E-state index is 12.2. The lowest BCUT2D eigenvalue weighted by Crippen LogP contribution is -2.23. The van der Waals surface area contributed by atoms with Crippen LogP contribution < -0.4 is 10.6 Å². The molecule has 0 saturated carbocycles. The van der Waals surface area contributed by atoms with Gasteiger partial charge >= 0.3 is 0 Å². The smallest absolute Gasteiger partial charge is 0.253 e. The molecule has 2 N–H and O–H groups in total. The number of aryl methyl sites for hydroxylation is 1. The molecular weight excluding hydrogens is 286 g/mol. The maximum absolute atomic E-state index is 12.2. The van der Waals surface area contributed by atoms with Crippen LogP contribution in [0.1, 0.15) is 47.7 Å². The fraction of sp³-hybridized carbons (Fsp3) is 0.368. The number of amides is 1. The molecule has 0 fully saturated rings. The summed E-state index contributed by atoms with van der Waals surface area (Å²) in [6.45, 7) is 5.66. The van der Waals surface area contributed by atoms with E-state index in [1.54, 1.807) is 12.4 Å². The SMILES string of the molecule is CCCCCNc1cncc(C(=O)NCc2ccc(C)cc2)c1. The molecule has 4 heteroatoms. The Morgan fingerprint density at radius 2 is 1.91 bits per heavy atom. The van der Waals surface area contributed by atoms with Crippen molar-refractivity contribution in [3.8, 4) is 0 Å². The number of hydrogen-bond acceptors (Lipinski definition) is 3. The summed E-state index contributed by atoms with van der Waals surface area (Å²) in [7, 11) is 0. The van der Waals surface area contributed by atoms with Crippen molar-refractivity contribution < 1.29 is 4.79 Å². The van der Waals surface area contributed by atoms with Crippen LogP contribution >= 0.6 is 0 Å². The molecule has 0 aliphatic carbocycles. The van der Waals surface area contributed by atoms with Gasteiger partial charge in [0, 0.05) is 25.5 Å². The molecule has 0 bridgehead atoms. The van der Waals surface area contributed by atoms with Gasteiger partial charge in [-0.15, -0.1) is 0 Å². The number of anilines is 1. The van der Waals surface area contributed by atoms with Crippen molar-refractivity contribution in [3.05, 3.63) is 59.4 Å². The second-order valence-corrected chi connectivity index (χ2v) is 5.76. The van der Waals surface area contributed by atoms with Gasteiger partial charge in [-0.3, -0.25) is 9.78 Å². The quantitative estimate of drug-likeness (QED) is 0.726. The molecule has 1 amide bonds. The molecule has 1 aromatic heterocycles. The topological polar surface area (TPSA) is 54.0 Å². The molecule has 23 heavy (non-hydrogen) atoms. The number of nitrogens with one attached hydrogen (secondary N) is 2. The molecule has 2 rings (SSSR count). The zero-order valence-electron chi connectivity index (χ0n) is 13.9. The van der Waals surface area contributed by atoms with Crippen molar-refractivity contribution in [2.45, 2.75) is 39.7 Å². The first-order chi connectivity index (χ1) is 11.2. The number of unbranched alkanes of at least 4 members (excludes halogenated alkanes) is 2. The van der Waals surface area contributed by atoms with Crippen LogP contribution in [0, 0.1) is 6.92 Å². The molecule has 0 unspecified atom stereocenters. The van der Waals surface area contributed by atoms with Gasteiger partial charge in [-0.1, -0.05) is 49.6 Å². The summed E-state index contributed by atoms with van der Waals surface area (Å²) < 4.78 is 0. The minimum atomic E-state index is -0.102. The van der Waals surface area contributed by atoms with E-state index in [9.17, 15) is 4.79 Å². The van der Waals surface area contributed by atoms with Gasteiger partial charge in [-0.2, -0.15) is 0 Å². The van der Waals surface area contributed by atoms with Gasteiger partial charge in [0.15, 0.2) is 0 Å². The van der Waals surface area contributed by atoms with E-state index in [1.165, 1.54) is 18.4 Å². The number of hydrogen-bond donors (Lipinski definition) is 2. The second kappa shape index (κ2) is 8.93. The molecule has 1 heterocycles. The molecule has 122 valence electrons. The summed E-state index contributed by atoms with van der Waals surface area (Å²) in [5.74, 6) is -0.102. The summed E-state index contributed by atoms with van der Waals surface area (Å²) in [5, 5.41) is 6.24. The number of carbonyl (C=O) groups excluding carboxylic acids is 1. The molecule has 0 spiro atoms. The summed E-state index contributed by atoms with van der Waals surface area (Å²) in [6.07, 6.45) is 6.88. The number of pyridine rings is 1. The Kier molecular flexibility index (Phi) is 6.60. The highest BCUT2D eigenvalue weighted by atomic mass is 16.1. The Morgan fingerprint density at radius 3 is 2.65 bits per heavy atom. The monoisotopic (exact) mass is 311 g/mol. The van der Waals surface area contributed by atoms with Gasteiger partial charge in [-0.05, 0) is 25.0 Å². The highest BCUT2D eigenvalue weighted by Crippen LogP contribution is 2.09. The number of nitrogens with zero attached hydrogens (tertiary/aromatic N) is 1. The molecule has 0 saturated heterocycles. The van der Waals surface area contributed by atoms with Crippen LogP contribution in [0.2, 0.25) is 0 Å². The lowest BCUT2D eigenvalue weighted by molar-refractivity contribution is 0.0950. The third kappa shape index (κ3) is 5.74. The predicted molar refractivity (Wildman–Crippen MR) is 94.6 cm³/mol. The largest absolute Gasteiger partial charge is 0.384 e. The number of rotatable bonds is 8. The molecule has 0 atom stereocenters. The highest BCUT2D eigenvalue weighted by molar-refractivity contribution is 5.94. The van der Waals surface area contributed by atoms with E-state index in [1.807, 2.05) is 37.3 Å². The van der Waals surface area contributed by atoms with E-state index in [0.29, 0.717) is 12.1 Å². The average Bonchev–Trinajstić information content (AvgIpc) is 2.58. The van der Waals surface area contributed by atoms with Crippen LogP contribution in [0.15, 0.2) is 42.7 Å². The molecule has 0 radical (unpaired) electrons. The van der Waals surface area contributed by atoms with Crippen molar-refractivity contribution >= 4 is 11.6 Å². The van der Waals surface area contributed by atoms with Gasteiger partial charge in [0.2, 0.25) is 0 Å². The van der Waals surface area contributed by atoms with E-state index in [2.05, 4.69) is 22.5 Å². The van der Waals surface area contributed by atoms with Crippen molar-refractivity contribution in [2.24, 2.45) is 0 Å². The zero-order valence-corrected chi connectivity index (χ0v) is 13.9. The number of carbonyl (C=O) groups is 1. The van der Waals surface area contributed by atoms with Gasteiger partial charge in [-0.25, -0.2) is 0 Å². The Bertz CT molecular complexity index is 623. The first-order valence-corrected chi connectivity index (χ1v) is 8.21. The van der Waals surface area contributed by atoms with E-state index in [4.69, 9.17) is 0 Å². The van der Waals surface area contributed by atoms with E-state index < -0.39 is 0 Å². The van der Waals surface area contributed by atoms with Crippen LogP contribution in [-0.2, 0) is 6.54 Å². The Hall–Kier alpha value is -2.36. The zero-order chi connectivity index (χ0) is 16.5. The van der Waals surface area contributed by atoms with Crippen LogP contribution in [0.4, 0.5) is 5.69 Å². The summed E-state index contributed by atoms with van der Waals surface area (Å²) in [5.41, 5.74) is 3.78. The fourth-order valence-corrected chi connectivity index (χ4v) is 2.26. The molecule has 0 aliphatic rings. The van der Waals surface area contributed by atoms with Crippen LogP contribution in [-0.4, -0.2) is 17.4 Å². The maximum Gasteiger partial charge on any atom is 0.253 e. The average molecular weight is 311 g/mol. The Balaban J connectivity index is 1.87. The first kappa shape index (κ1) is 17.0. The minimum Gasteiger partial charge on any atom is -0.384 e. The third-order valence-electron chi connectivity index (χ3n) is 3.68.